The molecule has 0 spiro atoms. The molecule has 0 radical (unpaired) electrons. The molecule has 15 heavy (non-hydrogen) atoms. The number of β-amino-alcohol motifs (C(OH)–C–C–N with tert-alkyl or cyclic N) is 2. The SMILES string of the molecule is CC(C)(C)C(=O)CCN1CC(O)C(O)C1. The van der Waals surface area contributed by atoms with E-state index in [1.54, 1.807) is 0 Å². The largest absolute Gasteiger partial charge is 0.389 e. The molecule has 2 N–H and O–H groups in total. The van der Waals surface area contributed by atoms with Gasteiger partial charge in [0.05, 0.1) is 12.2 Å². The third-order valence-electron chi connectivity index (χ3n) is 2.83. The summed E-state index contributed by atoms with van der Waals surface area (Å²) in [4.78, 5) is 13.6. The fourth-order valence-corrected chi connectivity index (χ4v) is 1.66. The van der Waals surface area contributed by atoms with Crippen LogP contribution in [0.25, 0.3) is 0 Å². The molecule has 0 aromatic carbocycles. The van der Waals surface area contributed by atoms with Crippen LogP contribution in [0.3, 0.4) is 0 Å². The van der Waals surface area contributed by atoms with Crippen molar-refractivity contribution in [3.05, 3.63) is 0 Å². The first-order chi connectivity index (χ1) is 6.80. The molecule has 0 aromatic rings. The number of likely N-dealkylation sites (tertiary alicyclic amines) is 1. The fraction of sp³-hybridized carbons (Fsp3) is 0.909. The standard InChI is InChI=1S/C11H21NO3/c1-11(2,3)10(15)4-5-12-6-8(13)9(14)7-12/h8-9,13-14H,4-7H2,1-3H3. The van der Waals surface area contributed by atoms with E-state index in [1.165, 1.54) is 0 Å². The van der Waals surface area contributed by atoms with Crippen LogP contribution >= 0.6 is 0 Å². The summed E-state index contributed by atoms with van der Waals surface area (Å²) in [5.74, 6) is 0.221. The third-order valence-corrected chi connectivity index (χ3v) is 2.83. The zero-order chi connectivity index (χ0) is 11.6. The van der Waals surface area contributed by atoms with Crippen LogP contribution in [0.15, 0.2) is 0 Å². The maximum atomic E-state index is 11.6. The van der Waals surface area contributed by atoms with Gasteiger partial charge in [0.25, 0.3) is 0 Å². The third kappa shape index (κ3) is 3.55. The number of Topliss-reactive ketones (excluding diaryl/α,β-unsaturated/α-hetero) is 1. The van der Waals surface area contributed by atoms with Crippen molar-refractivity contribution in [2.24, 2.45) is 5.41 Å². The van der Waals surface area contributed by atoms with Crippen LogP contribution in [0.4, 0.5) is 0 Å². The van der Waals surface area contributed by atoms with Gasteiger partial charge < -0.3 is 10.2 Å². The predicted molar refractivity (Wildman–Crippen MR) is 57.5 cm³/mol. The zero-order valence-electron chi connectivity index (χ0n) is 9.73. The Labute approximate surface area is 90.9 Å². The highest BCUT2D eigenvalue weighted by Gasteiger charge is 2.30. The highest BCUT2D eigenvalue weighted by Crippen LogP contribution is 2.18. The van der Waals surface area contributed by atoms with Gasteiger partial charge in [-0.3, -0.25) is 9.69 Å². The number of rotatable bonds is 3. The second-order valence-corrected chi connectivity index (χ2v) is 5.32. The zero-order valence-corrected chi connectivity index (χ0v) is 9.73. The van der Waals surface area contributed by atoms with Gasteiger partial charge in [-0.1, -0.05) is 20.8 Å². The van der Waals surface area contributed by atoms with E-state index in [2.05, 4.69) is 0 Å². The lowest BCUT2D eigenvalue weighted by Crippen LogP contribution is -2.29. The summed E-state index contributed by atoms with van der Waals surface area (Å²) in [5.41, 5.74) is -0.295. The first kappa shape index (κ1) is 12.6. The summed E-state index contributed by atoms with van der Waals surface area (Å²) in [7, 11) is 0. The Kier molecular flexibility index (Phi) is 3.87. The Balaban J connectivity index is 2.30. The smallest absolute Gasteiger partial charge is 0.139 e. The summed E-state index contributed by atoms with van der Waals surface area (Å²) in [6.07, 6.45) is -0.826. The molecule has 1 fully saturated rings. The molecule has 2 atom stereocenters. The summed E-state index contributed by atoms with van der Waals surface area (Å²) >= 11 is 0. The highest BCUT2D eigenvalue weighted by molar-refractivity contribution is 5.83. The van der Waals surface area contributed by atoms with Gasteiger partial charge in [-0.2, -0.15) is 0 Å². The van der Waals surface area contributed by atoms with Crippen molar-refractivity contribution in [3.63, 3.8) is 0 Å². The van der Waals surface area contributed by atoms with Gasteiger partial charge in [0, 0.05) is 31.5 Å². The van der Waals surface area contributed by atoms with Gasteiger partial charge in [-0.15, -0.1) is 0 Å². The van der Waals surface area contributed by atoms with E-state index < -0.39 is 12.2 Å². The molecule has 4 nitrogen and oxygen atoms in total. The number of carbonyl (C=O) groups is 1. The number of hydrogen-bond donors (Lipinski definition) is 2. The van der Waals surface area contributed by atoms with Crippen LogP contribution in [0, 0.1) is 5.41 Å². The molecule has 1 rings (SSSR count). The normalized spacial score (nSPS) is 28.3. The average Bonchev–Trinajstić information content (AvgIpc) is 2.41. The second-order valence-electron chi connectivity index (χ2n) is 5.32. The van der Waals surface area contributed by atoms with E-state index in [4.69, 9.17) is 0 Å². The van der Waals surface area contributed by atoms with E-state index in [1.807, 2.05) is 25.7 Å². The van der Waals surface area contributed by atoms with Crippen molar-refractivity contribution in [1.82, 2.24) is 4.90 Å². The van der Waals surface area contributed by atoms with Gasteiger partial charge in [0.15, 0.2) is 0 Å². The summed E-state index contributed by atoms with van der Waals surface area (Å²) in [6.45, 7) is 7.29. The van der Waals surface area contributed by atoms with Crippen LogP contribution in [-0.2, 0) is 4.79 Å². The number of hydrogen-bond acceptors (Lipinski definition) is 4. The predicted octanol–water partition coefficient (Wildman–Crippen LogP) is 0.0291. The van der Waals surface area contributed by atoms with E-state index in [9.17, 15) is 15.0 Å². The molecule has 0 bridgehead atoms. The molecule has 1 aliphatic rings. The number of aliphatic hydroxyl groups excluding tert-OH is 2. The monoisotopic (exact) mass is 215 g/mol. The second kappa shape index (κ2) is 4.60. The topological polar surface area (TPSA) is 60.8 Å². The summed E-state index contributed by atoms with van der Waals surface area (Å²) < 4.78 is 0. The molecule has 88 valence electrons. The minimum Gasteiger partial charge on any atom is -0.389 e. The Bertz CT molecular complexity index is 224. The van der Waals surface area contributed by atoms with Crippen LogP contribution in [0.1, 0.15) is 27.2 Å². The maximum Gasteiger partial charge on any atom is 0.139 e. The Hall–Kier alpha value is -0.450. The van der Waals surface area contributed by atoms with E-state index >= 15 is 0 Å². The first-order valence-electron chi connectivity index (χ1n) is 5.42. The Morgan fingerprint density at radius 1 is 1.27 bits per heavy atom. The Morgan fingerprint density at radius 2 is 1.73 bits per heavy atom. The highest BCUT2D eigenvalue weighted by atomic mass is 16.3. The van der Waals surface area contributed by atoms with Crippen LogP contribution in [0.5, 0.6) is 0 Å². The van der Waals surface area contributed by atoms with Gasteiger partial charge in [-0.25, -0.2) is 0 Å². The number of ketones is 1. The van der Waals surface area contributed by atoms with E-state index in [0.717, 1.165) is 0 Å². The van der Waals surface area contributed by atoms with E-state index in [0.29, 0.717) is 26.1 Å². The lowest BCUT2D eigenvalue weighted by molar-refractivity contribution is -0.126. The minimum atomic E-state index is -0.658. The molecule has 1 aliphatic heterocycles. The Morgan fingerprint density at radius 3 is 2.13 bits per heavy atom. The molecule has 1 saturated heterocycles. The number of nitrogens with zero attached hydrogens (tertiary/aromatic N) is 1. The van der Waals surface area contributed by atoms with Crippen molar-refractivity contribution in [2.75, 3.05) is 19.6 Å². The first-order valence-corrected chi connectivity index (χ1v) is 5.42. The fourth-order valence-electron chi connectivity index (χ4n) is 1.66. The summed E-state index contributed by atoms with van der Waals surface area (Å²) in [5, 5.41) is 18.6. The van der Waals surface area contributed by atoms with E-state index in [-0.39, 0.29) is 11.2 Å². The van der Waals surface area contributed by atoms with Gasteiger partial charge in [0.1, 0.15) is 5.78 Å². The van der Waals surface area contributed by atoms with Crippen LogP contribution < -0.4 is 0 Å². The average molecular weight is 215 g/mol. The molecule has 2 unspecified atom stereocenters. The van der Waals surface area contributed by atoms with Gasteiger partial charge in [-0.05, 0) is 0 Å². The van der Waals surface area contributed by atoms with Crippen molar-refractivity contribution < 1.29 is 15.0 Å². The molecule has 0 aliphatic carbocycles. The van der Waals surface area contributed by atoms with Crippen LogP contribution in [-0.4, -0.2) is 52.7 Å². The van der Waals surface area contributed by atoms with Crippen molar-refractivity contribution in [2.45, 2.75) is 39.4 Å². The van der Waals surface area contributed by atoms with Gasteiger partial charge in [0.2, 0.25) is 0 Å². The molecular weight excluding hydrogens is 194 g/mol. The van der Waals surface area contributed by atoms with Crippen molar-refractivity contribution >= 4 is 5.78 Å². The van der Waals surface area contributed by atoms with Crippen LogP contribution in [0.2, 0.25) is 0 Å². The maximum absolute atomic E-state index is 11.6. The van der Waals surface area contributed by atoms with Crippen molar-refractivity contribution in [3.8, 4) is 0 Å². The molecule has 1 heterocycles. The number of aliphatic hydroxyl groups is 2. The molecule has 4 heteroatoms. The van der Waals surface area contributed by atoms with Crippen molar-refractivity contribution in [1.29, 1.82) is 0 Å². The molecule has 0 saturated carbocycles. The lowest BCUT2D eigenvalue weighted by Gasteiger charge is -2.19. The molecule has 0 amide bonds. The quantitative estimate of drug-likeness (QED) is 0.697. The molecular formula is C11H21NO3. The minimum absolute atomic E-state index is 0.221. The lowest BCUT2D eigenvalue weighted by atomic mass is 9.89. The summed E-state index contributed by atoms with van der Waals surface area (Å²) in [6, 6.07) is 0. The molecule has 0 aromatic heterocycles. The van der Waals surface area contributed by atoms with Gasteiger partial charge >= 0.3 is 0 Å². The number of carbonyl (C=O) groups excluding carboxylic acids is 1.